The molecule has 3 rings (SSSR count). The van der Waals surface area contributed by atoms with Gasteiger partial charge in [0.25, 0.3) is 0 Å². The molecule has 2 saturated carbocycles. The summed E-state index contributed by atoms with van der Waals surface area (Å²) in [5.41, 5.74) is 0.516. The van der Waals surface area contributed by atoms with E-state index in [1.165, 1.54) is 32.1 Å². The van der Waals surface area contributed by atoms with Crippen molar-refractivity contribution in [3.63, 3.8) is 0 Å². The van der Waals surface area contributed by atoms with E-state index < -0.39 is 0 Å². The Balaban J connectivity index is 0.00000120. The van der Waals surface area contributed by atoms with Gasteiger partial charge in [0.1, 0.15) is 0 Å². The van der Waals surface area contributed by atoms with Crippen molar-refractivity contribution >= 4 is 18.3 Å². The Labute approximate surface area is 116 Å². The summed E-state index contributed by atoms with van der Waals surface area (Å²) in [5, 5.41) is 6.56. The molecule has 2 aliphatic carbocycles. The van der Waals surface area contributed by atoms with Crippen LogP contribution in [0.4, 0.5) is 0 Å². The smallest absolute Gasteiger partial charge is 0.223 e. The zero-order valence-corrected chi connectivity index (χ0v) is 11.9. The summed E-state index contributed by atoms with van der Waals surface area (Å²) in [5.74, 6) is 1.52. The van der Waals surface area contributed by atoms with Crippen molar-refractivity contribution in [3.05, 3.63) is 0 Å². The molecule has 4 heteroatoms. The highest BCUT2D eigenvalue weighted by Crippen LogP contribution is 2.56. The maximum Gasteiger partial charge on any atom is 0.223 e. The molecule has 1 saturated heterocycles. The fraction of sp³-hybridized carbons (Fsp3) is 0.929. The average molecular weight is 273 g/mol. The normalized spacial score (nSPS) is 26.9. The van der Waals surface area contributed by atoms with E-state index in [1.807, 2.05) is 0 Å². The minimum absolute atomic E-state index is 0. The van der Waals surface area contributed by atoms with Gasteiger partial charge in [-0.25, -0.2) is 0 Å². The van der Waals surface area contributed by atoms with Crippen LogP contribution in [0.25, 0.3) is 0 Å². The minimum Gasteiger partial charge on any atom is -0.355 e. The predicted octanol–water partition coefficient (Wildman–Crippen LogP) is 2.10. The number of carbonyl (C=O) groups is 1. The molecular formula is C14H25ClN2O. The van der Waals surface area contributed by atoms with Crippen molar-refractivity contribution in [2.24, 2.45) is 17.3 Å². The number of amides is 1. The molecule has 2 N–H and O–H groups in total. The topological polar surface area (TPSA) is 41.1 Å². The summed E-state index contributed by atoms with van der Waals surface area (Å²) < 4.78 is 0. The quantitative estimate of drug-likeness (QED) is 0.823. The van der Waals surface area contributed by atoms with E-state index >= 15 is 0 Å². The van der Waals surface area contributed by atoms with Crippen LogP contribution in [0.1, 0.15) is 44.9 Å². The first-order chi connectivity index (χ1) is 8.30. The van der Waals surface area contributed by atoms with Crippen LogP contribution in [0.2, 0.25) is 0 Å². The summed E-state index contributed by atoms with van der Waals surface area (Å²) in [7, 11) is 0. The van der Waals surface area contributed by atoms with Gasteiger partial charge in [-0.1, -0.05) is 6.42 Å². The van der Waals surface area contributed by atoms with Gasteiger partial charge in [0.05, 0.1) is 0 Å². The summed E-state index contributed by atoms with van der Waals surface area (Å²) in [4.78, 5) is 12.1. The second-order valence-corrected chi connectivity index (χ2v) is 6.23. The fourth-order valence-electron chi connectivity index (χ4n) is 3.55. The van der Waals surface area contributed by atoms with Gasteiger partial charge >= 0.3 is 0 Å². The first-order valence-electron chi connectivity index (χ1n) is 7.29. The maximum atomic E-state index is 12.1. The monoisotopic (exact) mass is 272 g/mol. The van der Waals surface area contributed by atoms with Crippen molar-refractivity contribution < 1.29 is 4.79 Å². The lowest BCUT2D eigenvalue weighted by Crippen LogP contribution is -2.46. The number of hydrogen-bond acceptors (Lipinski definition) is 2. The standard InChI is InChI=1S/C14H24N2O.ClH/c17-13(11-4-8-15-9-5-11)16-10-14(6-1-7-14)12-2-3-12;/h11-12,15H,1-10H2,(H,16,17);1H. The molecule has 0 unspecified atom stereocenters. The Bertz CT molecular complexity index is 294. The van der Waals surface area contributed by atoms with Crippen LogP contribution >= 0.6 is 12.4 Å². The minimum atomic E-state index is 0. The van der Waals surface area contributed by atoms with Gasteiger partial charge < -0.3 is 10.6 Å². The molecule has 0 atom stereocenters. The molecule has 1 aliphatic heterocycles. The number of nitrogens with one attached hydrogen (secondary N) is 2. The Morgan fingerprint density at radius 1 is 1.17 bits per heavy atom. The average Bonchev–Trinajstić information content (AvgIpc) is 3.13. The van der Waals surface area contributed by atoms with Crippen LogP contribution in [0, 0.1) is 17.3 Å². The third kappa shape index (κ3) is 2.83. The third-order valence-corrected chi connectivity index (χ3v) is 5.12. The highest BCUT2D eigenvalue weighted by molar-refractivity contribution is 5.85. The zero-order chi connectivity index (χ0) is 11.7. The lowest BCUT2D eigenvalue weighted by atomic mass is 9.65. The molecule has 0 aromatic carbocycles. The van der Waals surface area contributed by atoms with Crippen molar-refractivity contribution in [2.45, 2.75) is 44.9 Å². The molecule has 3 fully saturated rings. The van der Waals surface area contributed by atoms with Crippen molar-refractivity contribution in [3.8, 4) is 0 Å². The van der Waals surface area contributed by atoms with Crippen LogP contribution in [0.5, 0.6) is 0 Å². The molecule has 18 heavy (non-hydrogen) atoms. The predicted molar refractivity (Wildman–Crippen MR) is 74.9 cm³/mol. The Morgan fingerprint density at radius 2 is 1.83 bits per heavy atom. The Hall–Kier alpha value is -0.280. The Kier molecular flexibility index (Phi) is 4.54. The van der Waals surface area contributed by atoms with Crippen LogP contribution in [-0.2, 0) is 4.79 Å². The second kappa shape index (κ2) is 5.79. The molecule has 0 aromatic heterocycles. The zero-order valence-electron chi connectivity index (χ0n) is 11.0. The van der Waals surface area contributed by atoms with E-state index in [2.05, 4.69) is 10.6 Å². The number of piperidine rings is 1. The van der Waals surface area contributed by atoms with E-state index in [-0.39, 0.29) is 18.3 Å². The van der Waals surface area contributed by atoms with Crippen molar-refractivity contribution in [1.29, 1.82) is 0 Å². The number of carbonyl (C=O) groups excluding carboxylic acids is 1. The van der Waals surface area contributed by atoms with E-state index in [9.17, 15) is 4.79 Å². The van der Waals surface area contributed by atoms with E-state index in [0.29, 0.717) is 11.3 Å². The summed E-state index contributed by atoms with van der Waals surface area (Å²) in [6.07, 6.45) is 8.92. The number of halogens is 1. The highest BCUT2D eigenvalue weighted by atomic mass is 35.5. The molecule has 3 aliphatic rings. The SMILES string of the molecule is Cl.O=C(NCC1(C2CC2)CCC1)C1CCNCC1. The molecule has 3 nitrogen and oxygen atoms in total. The van der Waals surface area contributed by atoms with E-state index in [4.69, 9.17) is 0 Å². The van der Waals surface area contributed by atoms with Gasteiger partial charge in [-0.3, -0.25) is 4.79 Å². The summed E-state index contributed by atoms with van der Waals surface area (Å²) >= 11 is 0. The second-order valence-electron chi connectivity index (χ2n) is 6.23. The van der Waals surface area contributed by atoms with Crippen molar-refractivity contribution in [1.82, 2.24) is 10.6 Å². The van der Waals surface area contributed by atoms with E-state index in [1.54, 1.807) is 0 Å². The maximum absolute atomic E-state index is 12.1. The van der Waals surface area contributed by atoms with E-state index in [0.717, 1.165) is 38.4 Å². The molecule has 0 aromatic rings. The fourth-order valence-corrected chi connectivity index (χ4v) is 3.55. The molecule has 104 valence electrons. The van der Waals surface area contributed by atoms with Crippen LogP contribution in [-0.4, -0.2) is 25.5 Å². The molecule has 0 radical (unpaired) electrons. The Morgan fingerprint density at radius 3 is 2.33 bits per heavy atom. The molecule has 1 amide bonds. The van der Waals surface area contributed by atoms with Gasteiger partial charge in [0, 0.05) is 12.5 Å². The largest absolute Gasteiger partial charge is 0.355 e. The molecule has 0 spiro atoms. The van der Waals surface area contributed by atoms with Gasteiger partial charge in [-0.15, -0.1) is 12.4 Å². The van der Waals surface area contributed by atoms with Crippen LogP contribution < -0.4 is 10.6 Å². The lowest BCUT2D eigenvalue weighted by molar-refractivity contribution is -0.126. The van der Waals surface area contributed by atoms with Crippen molar-refractivity contribution in [2.75, 3.05) is 19.6 Å². The molecular weight excluding hydrogens is 248 g/mol. The first kappa shape index (κ1) is 14.1. The van der Waals surface area contributed by atoms with Gasteiger partial charge in [-0.05, 0) is 62.9 Å². The van der Waals surface area contributed by atoms with Gasteiger partial charge in [0.15, 0.2) is 0 Å². The lowest BCUT2D eigenvalue weighted by Gasteiger charge is -2.43. The van der Waals surface area contributed by atoms with Gasteiger partial charge in [0.2, 0.25) is 5.91 Å². The number of rotatable bonds is 4. The molecule has 0 bridgehead atoms. The first-order valence-corrected chi connectivity index (χ1v) is 7.29. The molecule has 1 heterocycles. The summed E-state index contributed by atoms with van der Waals surface area (Å²) in [6, 6.07) is 0. The highest BCUT2D eigenvalue weighted by Gasteiger charge is 2.49. The number of hydrogen-bond donors (Lipinski definition) is 2. The van der Waals surface area contributed by atoms with Crippen LogP contribution in [0.3, 0.4) is 0 Å². The van der Waals surface area contributed by atoms with Crippen LogP contribution in [0.15, 0.2) is 0 Å². The third-order valence-electron chi connectivity index (χ3n) is 5.12. The summed E-state index contributed by atoms with van der Waals surface area (Å²) in [6.45, 7) is 2.97. The van der Waals surface area contributed by atoms with Gasteiger partial charge in [-0.2, -0.15) is 0 Å².